The molecule has 0 unspecified atom stereocenters. The van der Waals surface area contributed by atoms with Crippen LogP contribution in [0.15, 0.2) is 35.2 Å². The third kappa shape index (κ3) is 6.38. The van der Waals surface area contributed by atoms with E-state index in [1.54, 1.807) is 4.72 Å². The summed E-state index contributed by atoms with van der Waals surface area (Å²) in [5.74, 6) is -0.860. The van der Waals surface area contributed by atoms with Gasteiger partial charge in [-0.25, -0.2) is 17.9 Å². The number of rotatable bonds is 7. The number of urea groups is 1. The molecule has 1 heterocycles. The smallest absolute Gasteiger partial charge is 0.422 e. The Hall–Kier alpha value is -3.29. The van der Waals surface area contributed by atoms with E-state index in [2.05, 4.69) is 20.0 Å². The van der Waals surface area contributed by atoms with Crippen LogP contribution in [0.5, 0.6) is 17.5 Å². The van der Waals surface area contributed by atoms with E-state index < -0.39 is 39.5 Å². The zero-order valence-corrected chi connectivity index (χ0v) is 15.8. The summed E-state index contributed by atoms with van der Waals surface area (Å²) in [7, 11) is -1.98. The number of nitrogens with one attached hydrogen (secondary N) is 2. The van der Waals surface area contributed by atoms with Gasteiger partial charge in [-0.15, -0.1) is 0 Å². The highest BCUT2D eigenvalue weighted by Crippen LogP contribution is 2.26. The van der Waals surface area contributed by atoms with E-state index in [0.717, 1.165) is 12.1 Å². The van der Waals surface area contributed by atoms with Crippen molar-refractivity contribution < 1.29 is 40.6 Å². The Labute approximate surface area is 163 Å². The Kier molecular flexibility index (Phi) is 6.68. The van der Waals surface area contributed by atoms with Gasteiger partial charge in [-0.3, -0.25) is 5.32 Å². The molecule has 0 aliphatic rings. The average molecular weight is 436 g/mol. The Morgan fingerprint density at radius 1 is 1.10 bits per heavy atom. The number of amides is 2. The molecule has 2 rings (SSSR count). The number of aromatic nitrogens is 2. The van der Waals surface area contributed by atoms with Gasteiger partial charge in [0.15, 0.2) is 6.61 Å². The van der Waals surface area contributed by atoms with Crippen molar-refractivity contribution in [3.8, 4) is 17.5 Å². The fourth-order valence-corrected chi connectivity index (χ4v) is 2.98. The van der Waals surface area contributed by atoms with Gasteiger partial charge in [0.25, 0.3) is 10.0 Å². The van der Waals surface area contributed by atoms with Gasteiger partial charge in [0.05, 0.1) is 20.3 Å². The first-order valence-electron chi connectivity index (χ1n) is 7.63. The lowest BCUT2D eigenvalue weighted by molar-refractivity contribution is -0.153. The van der Waals surface area contributed by atoms with Crippen LogP contribution in [0.2, 0.25) is 0 Å². The zero-order chi connectivity index (χ0) is 21.7. The maximum Gasteiger partial charge on any atom is 0.422 e. The summed E-state index contributed by atoms with van der Waals surface area (Å²) < 4.78 is 77.8. The summed E-state index contributed by atoms with van der Waals surface area (Å²) in [6.07, 6.45) is -4.68. The SMILES string of the molecule is COc1cc(OC)nc(NC(=O)NS(=O)(=O)c2ccccc2OCC(F)(F)F)n1. The monoisotopic (exact) mass is 436 g/mol. The minimum absolute atomic E-state index is 0.0286. The standard InChI is InChI=1S/C15H15F3N4O6S/c1-26-11-7-12(27-2)20-13(19-11)21-14(23)22-29(24,25)10-6-4-3-5-9(10)28-8-15(16,17)18/h3-7H,8H2,1-2H3,(H2,19,20,21,22,23). The number of methoxy groups -OCH3 is 2. The molecule has 14 heteroatoms. The first kappa shape index (κ1) is 22.0. The lowest BCUT2D eigenvalue weighted by atomic mass is 10.3. The van der Waals surface area contributed by atoms with Crippen LogP contribution in [0.4, 0.5) is 23.9 Å². The van der Waals surface area contributed by atoms with Crippen molar-refractivity contribution in [3.63, 3.8) is 0 Å². The van der Waals surface area contributed by atoms with E-state index >= 15 is 0 Å². The topological polar surface area (TPSA) is 129 Å². The Balaban J connectivity index is 2.18. The molecule has 158 valence electrons. The van der Waals surface area contributed by atoms with Crippen molar-refractivity contribution in [2.24, 2.45) is 0 Å². The number of hydrogen-bond donors (Lipinski definition) is 2. The minimum atomic E-state index is -4.68. The van der Waals surface area contributed by atoms with Gasteiger partial charge in [-0.2, -0.15) is 23.1 Å². The second-order valence-corrected chi connectivity index (χ2v) is 6.84. The molecular formula is C15H15F3N4O6S. The lowest BCUT2D eigenvalue weighted by Crippen LogP contribution is -2.35. The number of halogens is 3. The second-order valence-electron chi connectivity index (χ2n) is 5.19. The van der Waals surface area contributed by atoms with Crippen LogP contribution in [0.25, 0.3) is 0 Å². The van der Waals surface area contributed by atoms with E-state index in [0.29, 0.717) is 0 Å². The van der Waals surface area contributed by atoms with Gasteiger partial charge >= 0.3 is 12.2 Å². The number of alkyl halides is 3. The molecule has 0 radical (unpaired) electrons. The van der Waals surface area contributed by atoms with Crippen LogP contribution >= 0.6 is 0 Å². The van der Waals surface area contributed by atoms with Crippen molar-refractivity contribution in [1.29, 1.82) is 0 Å². The van der Waals surface area contributed by atoms with Crippen molar-refractivity contribution in [2.75, 3.05) is 26.1 Å². The third-order valence-corrected chi connectivity index (χ3v) is 4.45. The molecule has 0 bridgehead atoms. The van der Waals surface area contributed by atoms with Gasteiger partial charge in [-0.1, -0.05) is 12.1 Å². The Morgan fingerprint density at radius 2 is 1.69 bits per heavy atom. The largest absolute Gasteiger partial charge is 0.483 e. The highest BCUT2D eigenvalue weighted by Gasteiger charge is 2.30. The van der Waals surface area contributed by atoms with Crippen LogP contribution in [0.1, 0.15) is 0 Å². The molecule has 1 aromatic carbocycles. The van der Waals surface area contributed by atoms with Crippen LogP contribution < -0.4 is 24.2 Å². The van der Waals surface area contributed by atoms with Gasteiger partial charge in [0, 0.05) is 0 Å². The molecule has 0 spiro atoms. The predicted octanol–water partition coefficient (Wildman–Crippen LogP) is 1.95. The number of hydrogen-bond acceptors (Lipinski definition) is 8. The molecule has 0 aliphatic carbocycles. The number of anilines is 1. The first-order valence-corrected chi connectivity index (χ1v) is 9.12. The number of ether oxygens (including phenoxy) is 3. The van der Waals surface area contributed by atoms with Crippen LogP contribution in [0, 0.1) is 0 Å². The second kappa shape index (κ2) is 8.81. The molecule has 1 aromatic heterocycles. The average Bonchev–Trinajstić information content (AvgIpc) is 2.65. The van der Waals surface area contributed by atoms with Crippen molar-refractivity contribution >= 4 is 22.0 Å². The summed E-state index contributed by atoms with van der Waals surface area (Å²) in [5, 5.41) is 2.06. The minimum Gasteiger partial charge on any atom is -0.483 e. The molecule has 0 saturated carbocycles. The fraction of sp³-hybridized carbons (Fsp3) is 0.267. The van der Waals surface area contributed by atoms with Gasteiger partial charge < -0.3 is 14.2 Å². The quantitative estimate of drug-likeness (QED) is 0.674. The predicted molar refractivity (Wildman–Crippen MR) is 92.5 cm³/mol. The maximum atomic E-state index is 12.4. The van der Waals surface area contributed by atoms with Gasteiger partial charge in [0.1, 0.15) is 10.6 Å². The lowest BCUT2D eigenvalue weighted by Gasteiger charge is -2.14. The molecule has 29 heavy (non-hydrogen) atoms. The third-order valence-electron chi connectivity index (χ3n) is 3.08. The Bertz CT molecular complexity index is 962. The number of carbonyl (C=O) groups is 1. The van der Waals surface area contributed by atoms with Crippen molar-refractivity contribution in [3.05, 3.63) is 30.3 Å². The van der Waals surface area contributed by atoms with Crippen molar-refractivity contribution in [2.45, 2.75) is 11.1 Å². The van der Waals surface area contributed by atoms with E-state index in [4.69, 9.17) is 9.47 Å². The normalized spacial score (nSPS) is 11.5. The molecule has 10 nitrogen and oxygen atoms in total. The number of carbonyl (C=O) groups excluding carboxylic acids is 1. The molecule has 0 atom stereocenters. The van der Waals surface area contributed by atoms with Crippen LogP contribution in [0.3, 0.4) is 0 Å². The Morgan fingerprint density at radius 3 is 2.24 bits per heavy atom. The fourth-order valence-electron chi connectivity index (χ4n) is 1.92. The molecule has 2 N–H and O–H groups in total. The molecular weight excluding hydrogens is 421 g/mol. The molecule has 2 amide bonds. The maximum absolute atomic E-state index is 12.4. The molecule has 2 aromatic rings. The van der Waals surface area contributed by atoms with Gasteiger partial charge in [0.2, 0.25) is 17.7 Å². The van der Waals surface area contributed by atoms with E-state index in [1.165, 1.54) is 32.4 Å². The number of sulfonamides is 1. The highest BCUT2D eigenvalue weighted by molar-refractivity contribution is 7.90. The van der Waals surface area contributed by atoms with Crippen LogP contribution in [-0.2, 0) is 10.0 Å². The molecule has 0 aliphatic heterocycles. The molecule has 0 saturated heterocycles. The van der Waals surface area contributed by atoms with E-state index in [1.807, 2.05) is 0 Å². The van der Waals surface area contributed by atoms with E-state index in [9.17, 15) is 26.4 Å². The number of nitrogens with zero attached hydrogens (tertiary/aromatic N) is 2. The highest BCUT2D eigenvalue weighted by atomic mass is 32.2. The summed E-state index contributed by atoms with van der Waals surface area (Å²) >= 11 is 0. The summed E-state index contributed by atoms with van der Waals surface area (Å²) in [6, 6.07) is 4.57. The number of para-hydroxylation sites is 1. The number of benzene rings is 1. The van der Waals surface area contributed by atoms with Crippen molar-refractivity contribution in [1.82, 2.24) is 14.7 Å². The van der Waals surface area contributed by atoms with Crippen LogP contribution in [-0.4, -0.2) is 51.4 Å². The zero-order valence-electron chi connectivity index (χ0n) is 15.0. The summed E-state index contributed by atoms with van der Waals surface area (Å²) in [5.41, 5.74) is 0. The first-order chi connectivity index (χ1) is 13.5. The van der Waals surface area contributed by atoms with E-state index in [-0.39, 0.29) is 17.7 Å². The van der Waals surface area contributed by atoms with Gasteiger partial charge in [-0.05, 0) is 12.1 Å². The summed E-state index contributed by atoms with van der Waals surface area (Å²) in [4.78, 5) is 19.0. The summed E-state index contributed by atoms with van der Waals surface area (Å²) in [6.45, 7) is -1.71. The molecule has 0 fully saturated rings.